The number of aliphatic hydroxyl groups is 2. The van der Waals surface area contributed by atoms with Crippen molar-refractivity contribution in [1.29, 1.82) is 0 Å². The van der Waals surface area contributed by atoms with Crippen molar-refractivity contribution < 1.29 is 19.8 Å². The van der Waals surface area contributed by atoms with Crippen LogP contribution in [0.5, 0.6) is 0 Å². The maximum atomic E-state index is 12.1. The van der Waals surface area contributed by atoms with E-state index in [1.54, 1.807) is 24.5 Å². The minimum Gasteiger partial charge on any atom is -0.512 e. The van der Waals surface area contributed by atoms with E-state index in [-0.39, 0.29) is 29.3 Å². The van der Waals surface area contributed by atoms with E-state index in [9.17, 15) is 19.8 Å². The molecule has 2 rings (SSSR count). The number of hydrogen-bond acceptors (Lipinski definition) is 5. The van der Waals surface area contributed by atoms with Crippen molar-refractivity contribution in [2.24, 2.45) is 5.92 Å². The summed E-state index contributed by atoms with van der Waals surface area (Å²) in [7, 11) is 0. The number of allylic oxidation sites excluding steroid dienone is 1. The smallest absolute Gasteiger partial charge is 0.159 e. The van der Waals surface area contributed by atoms with Crippen LogP contribution in [0.15, 0.2) is 35.9 Å². The molecule has 0 aliphatic heterocycles. The summed E-state index contributed by atoms with van der Waals surface area (Å²) < 4.78 is 0. The summed E-state index contributed by atoms with van der Waals surface area (Å²) in [4.78, 5) is 28.0. The van der Waals surface area contributed by atoms with E-state index in [0.717, 1.165) is 0 Å². The molecule has 0 saturated heterocycles. The summed E-state index contributed by atoms with van der Waals surface area (Å²) in [6.07, 6.45) is 3.03. The van der Waals surface area contributed by atoms with E-state index in [1.807, 2.05) is 0 Å². The Labute approximate surface area is 123 Å². The van der Waals surface area contributed by atoms with Gasteiger partial charge in [-0.3, -0.25) is 14.6 Å². The molecule has 1 aliphatic rings. The van der Waals surface area contributed by atoms with E-state index < -0.39 is 17.4 Å². The van der Waals surface area contributed by atoms with Gasteiger partial charge in [0.15, 0.2) is 5.78 Å². The molecule has 5 heteroatoms. The van der Waals surface area contributed by atoms with Gasteiger partial charge in [0.1, 0.15) is 11.5 Å². The van der Waals surface area contributed by atoms with E-state index in [1.165, 1.54) is 20.8 Å². The summed E-state index contributed by atoms with van der Waals surface area (Å²) >= 11 is 0. The van der Waals surface area contributed by atoms with Gasteiger partial charge in [-0.05, 0) is 32.4 Å². The Kier molecular flexibility index (Phi) is 3.96. The van der Waals surface area contributed by atoms with Crippen LogP contribution >= 0.6 is 0 Å². The predicted molar refractivity (Wildman–Crippen MR) is 76.7 cm³/mol. The van der Waals surface area contributed by atoms with Gasteiger partial charge >= 0.3 is 0 Å². The molecule has 0 unspecified atom stereocenters. The number of Topliss-reactive ketones (excluding diaryl/α,β-unsaturated/α-hetero) is 2. The molecule has 1 aliphatic carbocycles. The second-order valence-corrected chi connectivity index (χ2v) is 5.80. The fourth-order valence-electron chi connectivity index (χ4n) is 3.26. The van der Waals surface area contributed by atoms with Crippen LogP contribution in [-0.4, -0.2) is 32.4 Å². The Balaban J connectivity index is 2.69. The van der Waals surface area contributed by atoms with Gasteiger partial charge in [0.2, 0.25) is 0 Å². The number of aromatic nitrogens is 1. The summed E-state index contributed by atoms with van der Waals surface area (Å²) in [5.74, 6) is -2.16. The zero-order valence-electron chi connectivity index (χ0n) is 12.3. The first-order valence-electron chi connectivity index (χ1n) is 6.81. The van der Waals surface area contributed by atoms with E-state index in [4.69, 9.17) is 0 Å². The van der Waals surface area contributed by atoms with Crippen LogP contribution < -0.4 is 0 Å². The second-order valence-electron chi connectivity index (χ2n) is 5.80. The number of rotatable bonds is 3. The molecular weight excluding hydrogens is 270 g/mol. The van der Waals surface area contributed by atoms with Gasteiger partial charge in [-0.15, -0.1) is 0 Å². The highest BCUT2D eigenvalue weighted by molar-refractivity contribution is 5.97. The highest BCUT2D eigenvalue weighted by Crippen LogP contribution is 2.46. The number of ketones is 2. The molecule has 112 valence electrons. The van der Waals surface area contributed by atoms with Gasteiger partial charge in [0.05, 0.1) is 11.5 Å². The fraction of sp³-hybridized carbons (Fsp3) is 0.438. The molecule has 1 aromatic rings. The molecule has 0 amide bonds. The monoisotopic (exact) mass is 289 g/mol. The third kappa shape index (κ3) is 2.74. The van der Waals surface area contributed by atoms with Gasteiger partial charge in [-0.1, -0.05) is 6.07 Å². The van der Waals surface area contributed by atoms with E-state index >= 15 is 0 Å². The number of aliphatic hydroxyl groups excluding tert-OH is 1. The van der Waals surface area contributed by atoms with Crippen LogP contribution in [0.3, 0.4) is 0 Å². The zero-order chi connectivity index (χ0) is 15.8. The first kappa shape index (κ1) is 15.4. The van der Waals surface area contributed by atoms with Crippen LogP contribution in [0.1, 0.15) is 38.7 Å². The lowest BCUT2D eigenvalue weighted by atomic mass is 9.64. The quantitative estimate of drug-likeness (QED) is 0.887. The molecule has 1 heterocycles. The molecule has 1 aromatic heterocycles. The van der Waals surface area contributed by atoms with Crippen molar-refractivity contribution in [3.63, 3.8) is 0 Å². The highest BCUT2D eigenvalue weighted by atomic mass is 16.3. The Morgan fingerprint density at radius 3 is 2.52 bits per heavy atom. The fourth-order valence-corrected chi connectivity index (χ4v) is 3.26. The van der Waals surface area contributed by atoms with Crippen LogP contribution in [0.4, 0.5) is 0 Å². The van der Waals surface area contributed by atoms with Crippen molar-refractivity contribution in [3.05, 3.63) is 41.4 Å². The summed E-state index contributed by atoms with van der Waals surface area (Å²) in [6.45, 7) is 4.25. The maximum absolute atomic E-state index is 12.1. The molecule has 3 atom stereocenters. The number of carbonyl (C=O) groups excluding carboxylic acids is 2. The lowest BCUT2D eigenvalue weighted by Gasteiger charge is -2.41. The number of hydrogen-bond donors (Lipinski definition) is 2. The van der Waals surface area contributed by atoms with Crippen LogP contribution in [0, 0.1) is 5.92 Å². The summed E-state index contributed by atoms with van der Waals surface area (Å²) in [5.41, 5.74) is -0.584. The third-order valence-corrected chi connectivity index (χ3v) is 4.01. The predicted octanol–water partition coefficient (Wildman–Crippen LogP) is 1.93. The molecule has 0 saturated carbocycles. The molecule has 0 aromatic carbocycles. The molecule has 0 spiro atoms. The average Bonchev–Trinajstić information content (AvgIpc) is 2.36. The number of nitrogens with zero attached hydrogens (tertiary/aromatic N) is 1. The standard InChI is InChI=1S/C16H19NO4/c1-9(18)13-12(20)7-16(3,21)15(10(2)19)14(13)11-5-4-6-17-8-11/h4-6,8,14-15,20-21H,7H2,1-3H3/t14-,15+,16+/m1/s1. The molecule has 0 radical (unpaired) electrons. The van der Waals surface area contributed by atoms with Crippen molar-refractivity contribution in [2.75, 3.05) is 0 Å². The van der Waals surface area contributed by atoms with Gasteiger partial charge in [-0.25, -0.2) is 0 Å². The van der Waals surface area contributed by atoms with E-state index in [0.29, 0.717) is 5.56 Å². The first-order valence-corrected chi connectivity index (χ1v) is 6.81. The second kappa shape index (κ2) is 5.41. The maximum Gasteiger partial charge on any atom is 0.159 e. The Morgan fingerprint density at radius 2 is 2.05 bits per heavy atom. The first-order chi connectivity index (χ1) is 9.75. The normalized spacial score (nSPS) is 29.3. The summed E-state index contributed by atoms with van der Waals surface area (Å²) in [5, 5.41) is 20.7. The van der Waals surface area contributed by atoms with Crippen LogP contribution in [0.2, 0.25) is 0 Å². The van der Waals surface area contributed by atoms with Crippen molar-refractivity contribution >= 4 is 11.6 Å². The topological polar surface area (TPSA) is 87.5 Å². The summed E-state index contributed by atoms with van der Waals surface area (Å²) in [6, 6.07) is 3.44. The molecule has 2 N–H and O–H groups in total. The lowest BCUT2D eigenvalue weighted by molar-refractivity contribution is -0.132. The van der Waals surface area contributed by atoms with Gasteiger partial charge < -0.3 is 10.2 Å². The Morgan fingerprint density at radius 1 is 1.38 bits per heavy atom. The average molecular weight is 289 g/mol. The van der Waals surface area contributed by atoms with Crippen molar-refractivity contribution in [1.82, 2.24) is 4.98 Å². The van der Waals surface area contributed by atoms with Crippen LogP contribution in [0.25, 0.3) is 0 Å². The molecule has 21 heavy (non-hydrogen) atoms. The van der Waals surface area contributed by atoms with Crippen LogP contribution in [-0.2, 0) is 9.59 Å². The molecule has 0 bridgehead atoms. The molecule has 5 nitrogen and oxygen atoms in total. The Hall–Kier alpha value is -2.01. The highest BCUT2D eigenvalue weighted by Gasteiger charge is 2.49. The van der Waals surface area contributed by atoms with E-state index in [2.05, 4.69) is 4.98 Å². The third-order valence-electron chi connectivity index (χ3n) is 4.01. The minimum atomic E-state index is -1.41. The number of pyridine rings is 1. The minimum absolute atomic E-state index is 0.108. The van der Waals surface area contributed by atoms with Crippen molar-refractivity contribution in [3.8, 4) is 0 Å². The van der Waals surface area contributed by atoms with Gasteiger partial charge in [0.25, 0.3) is 0 Å². The molecule has 0 fully saturated rings. The SMILES string of the molecule is CC(=O)C1=C(O)C[C@](C)(O)[C@@H](C(C)=O)[C@@H]1c1cccnc1. The number of carbonyl (C=O) groups is 2. The van der Waals surface area contributed by atoms with Crippen molar-refractivity contribution in [2.45, 2.75) is 38.7 Å². The zero-order valence-corrected chi connectivity index (χ0v) is 12.3. The largest absolute Gasteiger partial charge is 0.512 e. The molecular formula is C16H19NO4. The van der Waals surface area contributed by atoms with Gasteiger partial charge in [-0.2, -0.15) is 0 Å². The van der Waals surface area contributed by atoms with Gasteiger partial charge in [0, 0.05) is 30.3 Å². The Bertz CT molecular complexity index is 604. The lowest BCUT2D eigenvalue weighted by Crippen LogP contribution is -2.47.